The topological polar surface area (TPSA) is 70.7 Å². The molecular weight excluding hydrogens is 434 g/mol. The van der Waals surface area contributed by atoms with Gasteiger partial charge in [0.15, 0.2) is 5.11 Å². The second-order valence-corrected chi connectivity index (χ2v) is 8.14. The fourth-order valence-corrected chi connectivity index (χ4v) is 4.46. The second-order valence-electron chi connectivity index (χ2n) is 7.76. The summed E-state index contributed by atoms with van der Waals surface area (Å²) < 4.78 is 5.03. The van der Waals surface area contributed by atoms with Crippen molar-refractivity contribution in [3.05, 3.63) is 89.1 Å². The third kappa shape index (κ3) is 4.45. The maximum atomic E-state index is 12.8. The molecule has 0 radical (unpaired) electrons. The van der Waals surface area contributed by atoms with Gasteiger partial charge < -0.3 is 20.3 Å². The molecule has 0 bridgehead atoms. The van der Waals surface area contributed by atoms with Crippen LogP contribution in [0.1, 0.15) is 35.8 Å². The van der Waals surface area contributed by atoms with E-state index in [1.54, 1.807) is 0 Å². The summed E-state index contributed by atoms with van der Waals surface area (Å²) in [6.07, 6.45) is 0. The third-order valence-corrected chi connectivity index (χ3v) is 6.17. The van der Waals surface area contributed by atoms with Crippen molar-refractivity contribution < 1.29 is 14.3 Å². The SMILES string of the molecule is CCN1C(=S)NC(c2ccc(NC(=O)c3ccc4ccccc4c3)cc2)C(C(=O)OC)=C1C. The van der Waals surface area contributed by atoms with E-state index in [9.17, 15) is 9.59 Å². The van der Waals surface area contributed by atoms with Crippen LogP contribution in [0.4, 0.5) is 5.69 Å². The van der Waals surface area contributed by atoms with Crippen molar-refractivity contribution in [2.45, 2.75) is 19.9 Å². The van der Waals surface area contributed by atoms with Crippen molar-refractivity contribution >= 4 is 45.7 Å². The Bertz CT molecular complexity index is 1270. The molecule has 1 aliphatic rings. The van der Waals surface area contributed by atoms with Crippen LogP contribution in [0.2, 0.25) is 0 Å². The highest BCUT2D eigenvalue weighted by Crippen LogP contribution is 2.32. The van der Waals surface area contributed by atoms with E-state index >= 15 is 0 Å². The van der Waals surface area contributed by atoms with Crippen molar-refractivity contribution in [3.63, 3.8) is 0 Å². The number of esters is 1. The Kier molecular flexibility index (Phi) is 6.42. The molecule has 1 aliphatic heterocycles. The predicted molar refractivity (Wildman–Crippen MR) is 134 cm³/mol. The molecule has 3 aromatic rings. The van der Waals surface area contributed by atoms with Gasteiger partial charge in [-0.3, -0.25) is 4.79 Å². The first-order valence-electron chi connectivity index (χ1n) is 10.7. The van der Waals surface area contributed by atoms with Gasteiger partial charge in [0.05, 0.1) is 18.7 Å². The second kappa shape index (κ2) is 9.42. The van der Waals surface area contributed by atoms with Crippen molar-refractivity contribution in [1.29, 1.82) is 0 Å². The molecule has 2 N–H and O–H groups in total. The zero-order chi connectivity index (χ0) is 23.5. The smallest absolute Gasteiger partial charge is 0.337 e. The Morgan fingerprint density at radius 1 is 1.06 bits per heavy atom. The minimum atomic E-state index is -0.432. The summed E-state index contributed by atoms with van der Waals surface area (Å²) in [5, 5.41) is 8.83. The number of methoxy groups -OCH3 is 1. The van der Waals surface area contributed by atoms with E-state index in [2.05, 4.69) is 10.6 Å². The molecule has 1 heterocycles. The van der Waals surface area contributed by atoms with E-state index in [4.69, 9.17) is 17.0 Å². The number of benzene rings is 3. The Labute approximate surface area is 198 Å². The van der Waals surface area contributed by atoms with Gasteiger partial charge in [-0.15, -0.1) is 0 Å². The van der Waals surface area contributed by atoms with E-state index in [1.165, 1.54) is 7.11 Å². The number of thiocarbonyl (C=S) groups is 1. The van der Waals surface area contributed by atoms with Gasteiger partial charge in [0.25, 0.3) is 5.91 Å². The molecule has 0 saturated heterocycles. The summed E-state index contributed by atoms with van der Waals surface area (Å²) in [4.78, 5) is 27.2. The maximum absolute atomic E-state index is 12.8. The van der Waals surface area contributed by atoms with Gasteiger partial charge in [-0.05, 0) is 66.7 Å². The highest BCUT2D eigenvalue weighted by atomic mass is 32.1. The van der Waals surface area contributed by atoms with Crippen LogP contribution >= 0.6 is 12.2 Å². The molecule has 0 spiro atoms. The first kappa shape index (κ1) is 22.5. The van der Waals surface area contributed by atoms with Crippen LogP contribution in [0.5, 0.6) is 0 Å². The highest BCUT2D eigenvalue weighted by Gasteiger charge is 2.33. The Morgan fingerprint density at radius 2 is 1.76 bits per heavy atom. The van der Waals surface area contributed by atoms with Crippen LogP contribution in [-0.2, 0) is 9.53 Å². The number of hydrogen-bond acceptors (Lipinski definition) is 4. The number of fused-ring (bicyclic) bond motifs is 1. The standard InChI is InChI=1S/C26H25N3O3S/c1-4-29-16(2)22(25(31)32-3)23(28-26(29)33)18-11-13-21(14-12-18)27-24(30)20-10-9-17-7-5-6-8-19(17)15-20/h5-15,23H,4H2,1-3H3,(H,27,30)(H,28,33). The van der Waals surface area contributed by atoms with E-state index in [0.29, 0.717) is 28.5 Å². The van der Waals surface area contributed by atoms with Crippen molar-refractivity contribution in [1.82, 2.24) is 10.2 Å². The Hall–Kier alpha value is -3.71. The number of carbonyl (C=O) groups excluding carboxylic acids is 2. The molecule has 33 heavy (non-hydrogen) atoms. The highest BCUT2D eigenvalue weighted by molar-refractivity contribution is 7.80. The number of nitrogens with zero attached hydrogens (tertiary/aromatic N) is 1. The fourth-order valence-electron chi connectivity index (χ4n) is 4.08. The monoisotopic (exact) mass is 459 g/mol. The molecule has 4 rings (SSSR count). The largest absolute Gasteiger partial charge is 0.466 e. The molecular formula is C26H25N3O3S. The van der Waals surface area contributed by atoms with Crippen molar-refractivity contribution in [2.75, 3.05) is 19.0 Å². The van der Waals surface area contributed by atoms with Crippen LogP contribution < -0.4 is 10.6 Å². The molecule has 7 heteroatoms. The van der Waals surface area contributed by atoms with Gasteiger partial charge >= 0.3 is 5.97 Å². The molecule has 0 aliphatic carbocycles. The zero-order valence-electron chi connectivity index (χ0n) is 18.7. The number of nitrogens with one attached hydrogen (secondary N) is 2. The number of amides is 1. The molecule has 168 valence electrons. The van der Waals surface area contributed by atoms with Gasteiger partial charge in [0.1, 0.15) is 0 Å². The number of anilines is 1. The van der Waals surface area contributed by atoms with Gasteiger partial charge in [-0.2, -0.15) is 0 Å². The first-order chi connectivity index (χ1) is 15.9. The molecule has 3 aromatic carbocycles. The normalized spacial score (nSPS) is 15.9. The Morgan fingerprint density at radius 3 is 2.42 bits per heavy atom. The van der Waals surface area contributed by atoms with E-state index in [0.717, 1.165) is 22.0 Å². The number of ether oxygens (including phenoxy) is 1. The number of allylic oxidation sites excluding steroid dienone is 1. The summed E-state index contributed by atoms with van der Waals surface area (Å²) in [6.45, 7) is 4.48. The molecule has 0 aromatic heterocycles. The van der Waals surface area contributed by atoms with Crippen LogP contribution in [0.3, 0.4) is 0 Å². The van der Waals surface area contributed by atoms with Gasteiger partial charge in [-0.25, -0.2) is 4.79 Å². The zero-order valence-corrected chi connectivity index (χ0v) is 19.5. The summed E-state index contributed by atoms with van der Waals surface area (Å²) in [5.74, 6) is -0.588. The predicted octanol–water partition coefficient (Wildman–Crippen LogP) is 4.79. The summed E-state index contributed by atoms with van der Waals surface area (Å²) in [5.41, 5.74) is 3.37. The molecule has 0 saturated carbocycles. The maximum Gasteiger partial charge on any atom is 0.337 e. The Balaban J connectivity index is 1.56. The van der Waals surface area contributed by atoms with Crippen LogP contribution in [0.15, 0.2) is 78.0 Å². The number of carbonyl (C=O) groups is 2. The van der Waals surface area contributed by atoms with Gasteiger partial charge in [0, 0.05) is 23.5 Å². The quantitative estimate of drug-likeness (QED) is 0.422. The van der Waals surface area contributed by atoms with Crippen LogP contribution in [0, 0.1) is 0 Å². The number of rotatable bonds is 5. The molecule has 1 amide bonds. The molecule has 0 fully saturated rings. The molecule has 1 unspecified atom stereocenters. The van der Waals surface area contributed by atoms with Crippen molar-refractivity contribution in [2.24, 2.45) is 0 Å². The van der Waals surface area contributed by atoms with Gasteiger partial charge in [-0.1, -0.05) is 42.5 Å². The first-order valence-corrected chi connectivity index (χ1v) is 11.1. The van der Waals surface area contributed by atoms with E-state index in [1.807, 2.05) is 85.5 Å². The van der Waals surface area contributed by atoms with E-state index < -0.39 is 12.0 Å². The molecule has 6 nitrogen and oxygen atoms in total. The van der Waals surface area contributed by atoms with Crippen LogP contribution in [-0.4, -0.2) is 35.5 Å². The lowest BCUT2D eigenvalue weighted by Crippen LogP contribution is -2.47. The number of hydrogen-bond donors (Lipinski definition) is 2. The summed E-state index contributed by atoms with van der Waals surface area (Å²) in [6, 6.07) is 20.5. The lowest BCUT2D eigenvalue weighted by atomic mass is 9.95. The average molecular weight is 460 g/mol. The van der Waals surface area contributed by atoms with Gasteiger partial charge in [0.2, 0.25) is 0 Å². The van der Waals surface area contributed by atoms with Crippen LogP contribution in [0.25, 0.3) is 10.8 Å². The fraction of sp³-hybridized carbons (Fsp3) is 0.192. The third-order valence-electron chi connectivity index (χ3n) is 5.83. The molecule has 1 atom stereocenters. The average Bonchev–Trinajstić information content (AvgIpc) is 2.83. The minimum Gasteiger partial charge on any atom is -0.466 e. The van der Waals surface area contributed by atoms with E-state index in [-0.39, 0.29) is 5.91 Å². The lowest BCUT2D eigenvalue weighted by molar-refractivity contribution is -0.136. The summed E-state index contributed by atoms with van der Waals surface area (Å²) in [7, 11) is 1.37. The summed E-state index contributed by atoms with van der Waals surface area (Å²) >= 11 is 5.50. The minimum absolute atomic E-state index is 0.185. The van der Waals surface area contributed by atoms with Crippen molar-refractivity contribution in [3.8, 4) is 0 Å². The lowest BCUT2D eigenvalue weighted by Gasteiger charge is -2.36.